The Balaban J connectivity index is 2.23. The quantitative estimate of drug-likeness (QED) is 0.183. The average molecular weight is 616 g/mol. The number of halogens is 1. The van der Waals surface area contributed by atoms with Gasteiger partial charge in [0.25, 0.3) is 0 Å². The highest BCUT2D eigenvalue weighted by Crippen LogP contribution is 2.11. The number of nitrogens with one attached hydrogen (secondary N) is 3. The first kappa shape index (κ1) is 35.8. The molecule has 0 aliphatic heterocycles. The Hall–Kier alpha value is -3.43. The number of carbonyl (C=O) groups is 4. The number of esters is 1. The van der Waals surface area contributed by atoms with E-state index in [1.165, 1.54) is 0 Å². The van der Waals surface area contributed by atoms with Gasteiger partial charge in [0.2, 0.25) is 17.7 Å². The maximum absolute atomic E-state index is 13.7. The van der Waals surface area contributed by atoms with Crippen molar-refractivity contribution in [3.8, 4) is 0 Å². The van der Waals surface area contributed by atoms with Gasteiger partial charge < -0.3 is 25.4 Å². The first-order chi connectivity index (χ1) is 20.4. The Morgan fingerprint density at radius 1 is 0.791 bits per heavy atom. The normalized spacial score (nSPS) is 13.5. The monoisotopic (exact) mass is 615 g/mol. The first-order valence-electron chi connectivity index (χ1n) is 14.7. The van der Waals surface area contributed by atoms with Crippen molar-refractivity contribution in [2.45, 2.75) is 84.0 Å². The van der Waals surface area contributed by atoms with Crippen molar-refractivity contribution in [1.29, 1.82) is 0 Å². The van der Waals surface area contributed by atoms with Gasteiger partial charge in [0, 0.05) is 12.8 Å². The van der Waals surface area contributed by atoms with Gasteiger partial charge in [-0.15, -0.1) is 11.6 Å². The third kappa shape index (κ3) is 14.5. The van der Waals surface area contributed by atoms with Gasteiger partial charge in [-0.2, -0.15) is 0 Å². The van der Waals surface area contributed by atoms with E-state index in [0.717, 1.165) is 11.1 Å². The highest BCUT2D eigenvalue weighted by Gasteiger charge is 2.32. The molecule has 43 heavy (non-hydrogen) atoms. The van der Waals surface area contributed by atoms with E-state index in [1.54, 1.807) is 0 Å². The van der Waals surface area contributed by atoms with Gasteiger partial charge >= 0.3 is 5.97 Å². The van der Waals surface area contributed by atoms with Crippen molar-refractivity contribution in [2.24, 2.45) is 5.92 Å². The van der Waals surface area contributed by atoms with Crippen molar-refractivity contribution < 1.29 is 28.7 Å². The molecule has 0 bridgehead atoms. The lowest BCUT2D eigenvalue weighted by Crippen LogP contribution is -2.58. The fourth-order valence-electron chi connectivity index (χ4n) is 4.21. The standard InChI is InChI=1S/C33H46ClN3O6/c1-23(2)20-27(32(41)42-19-18-34)36-31(40)28(22-43-33(3,4)5)37-30(39)26(21-25-14-10-7-11-15-25)35-29(38)17-16-24-12-8-6-9-13-24/h6-15,23,26-28H,16-22H2,1-5H3,(H,35,38)(H,36,40)(H,37,39)/t26-,27-,28-/m0/s1. The predicted molar refractivity (Wildman–Crippen MR) is 168 cm³/mol. The zero-order valence-electron chi connectivity index (χ0n) is 25.9. The van der Waals surface area contributed by atoms with E-state index in [9.17, 15) is 19.2 Å². The van der Waals surface area contributed by atoms with Crippen molar-refractivity contribution >= 4 is 35.3 Å². The third-order valence-electron chi connectivity index (χ3n) is 6.36. The zero-order chi connectivity index (χ0) is 31.8. The van der Waals surface area contributed by atoms with Gasteiger partial charge in [0.05, 0.1) is 18.1 Å². The lowest BCUT2D eigenvalue weighted by molar-refractivity contribution is -0.148. The lowest BCUT2D eigenvalue weighted by Gasteiger charge is -2.28. The Labute approximate surface area is 260 Å². The molecule has 0 spiro atoms. The molecule has 2 aromatic rings. The SMILES string of the molecule is CC(C)C[C@H](NC(=O)[C@H](COC(C)(C)C)NC(=O)[C@H](Cc1ccccc1)NC(=O)CCc1ccccc1)C(=O)OCCCl. The Kier molecular flexibility index (Phi) is 15.2. The van der Waals surface area contributed by atoms with Gasteiger partial charge in [-0.05, 0) is 50.7 Å². The van der Waals surface area contributed by atoms with Gasteiger partial charge in [0.15, 0.2) is 0 Å². The van der Waals surface area contributed by atoms with Crippen molar-refractivity contribution in [1.82, 2.24) is 16.0 Å². The minimum atomic E-state index is -1.14. The summed E-state index contributed by atoms with van der Waals surface area (Å²) in [5.41, 5.74) is 1.25. The molecule has 2 aromatic carbocycles. The predicted octanol–water partition coefficient (Wildman–Crippen LogP) is 3.96. The fraction of sp³-hybridized carbons (Fsp3) is 0.515. The molecule has 0 saturated heterocycles. The van der Waals surface area contributed by atoms with E-state index in [1.807, 2.05) is 95.3 Å². The summed E-state index contributed by atoms with van der Waals surface area (Å²) < 4.78 is 11.1. The summed E-state index contributed by atoms with van der Waals surface area (Å²) in [7, 11) is 0. The topological polar surface area (TPSA) is 123 Å². The minimum absolute atomic E-state index is 0.0172. The number of aryl methyl sites for hydroxylation is 1. The maximum atomic E-state index is 13.7. The Morgan fingerprint density at radius 3 is 1.91 bits per heavy atom. The fourth-order valence-corrected chi connectivity index (χ4v) is 4.29. The van der Waals surface area contributed by atoms with Crippen LogP contribution in [0.2, 0.25) is 0 Å². The van der Waals surface area contributed by atoms with E-state index >= 15 is 0 Å². The molecule has 0 heterocycles. The summed E-state index contributed by atoms with van der Waals surface area (Å²) in [5.74, 6) is -1.82. The molecule has 236 valence electrons. The summed E-state index contributed by atoms with van der Waals surface area (Å²) in [6.45, 7) is 9.21. The van der Waals surface area contributed by atoms with Gasteiger partial charge in [-0.25, -0.2) is 4.79 Å². The van der Waals surface area contributed by atoms with Gasteiger partial charge in [-0.1, -0.05) is 74.5 Å². The molecule has 2 rings (SSSR count). The number of hydrogen-bond acceptors (Lipinski definition) is 6. The largest absolute Gasteiger partial charge is 0.463 e. The van der Waals surface area contributed by atoms with Crippen LogP contribution < -0.4 is 16.0 Å². The second-order valence-electron chi connectivity index (χ2n) is 11.8. The molecule has 0 aliphatic carbocycles. The van der Waals surface area contributed by atoms with Crippen LogP contribution in [0.25, 0.3) is 0 Å². The number of hydrogen-bond donors (Lipinski definition) is 3. The second kappa shape index (κ2) is 18.3. The van der Waals surface area contributed by atoms with Crippen LogP contribution in [-0.2, 0) is 41.5 Å². The second-order valence-corrected chi connectivity index (χ2v) is 12.2. The van der Waals surface area contributed by atoms with Crippen LogP contribution in [0.15, 0.2) is 60.7 Å². The number of rotatable bonds is 17. The summed E-state index contributed by atoms with van der Waals surface area (Å²) in [6.07, 6.45) is 1.27. The number of amides is 3. The van der Waals surface area contributed by atoms with Crippen LogP contribution in [0, 0.1) is 5.92 Å². The number of carbonyl (C=O) groups excluding carboxylic acids is 4. The number of benzene rings is 2. The molecule has 9 nitrogen and oxygen atoms in total. The van der Waals surface area contributed by atoms with Crippen LogP contribution in [0.1, 0.15) is 58.6 Å². The molecule has 0 saturated carbocycles. The van der Waals surface area contributed by atoms with Crippen LogP contribution in [0.4, 0.5) is 0 Å². The lowest BCUT2D eigenvalue weighted by atomic mass is 10.0. The molecule has 10 heteroatoms. The highest BCUT2D eigenvalue weighted by atomic mass is 35.5. The molecule has 0 radical (unpaired) electrons. The van der Waals surface area contributed by atoms with Crippen LogP contribution in [-0.4, -0.2) is 66.5 Å². The maximum Gasteiger partial charge on any atom is 0.328 e. The molecular formula is C33H46ClN3O6. The summed E-state index contributed by atoms with van der Waals surface area (Å²) >= 11 is 5.67. The minimum Gasteiger partial charge on any atom is -0.463 e. The first-order valence-corrected chi connectivity index (χ1v) is 15.3. The van der Waals surface area contributed by atoms with E-state index in [-0.39, 0.29) is 43.8 Å². The van der Waals surface area contributed by atoms with Crippen molar-refractivity contribution in [2.75, 3.05) is 19.1 Å². The van der Waals surface area contributed by atoms with E-state index < -0.39 is 41.5 Å². The van der Waals surface area contributed by atoms with E-state index in [0.29, 0.717) is 12.8 Å². The zero-order valence-corrected chi connectivity index (χ0v) is 26.6. The number of alkyl halides is 1. The van der Waals surface area contributed by atoms with Crippen molar-refractivity contribution in [3.05, 3.63) is 71.8 Å². The Bertz CT molecular complexity index is 1150. The molecule has 3 atom stereocenters. The van der Waals surface area contributed by atoms with Crippen molar-refractivity contribution in [3.63, 3.8) is 0 Å². The number of ether oxygens (including phenoxy) is 2. The molecule has 0 aliphatic rings. The van der Waals surface area contributed by atoms with Crippen LogP contribution >= 0.6 is 11.6 Å². The average Bonchev–Trinajstić information content (AvgIpc) is 2.96. The Morgan fingerprint density at radius 2 is 1.35 bits per heavy atom. The molecule has 3 amide bonds. The summed E-state index contributed by atoms with van der Waals surface area (Å²) in [5, 5.41) is 8.34. The summed E-state index contributed by atoms with van der Waals surface area (Å²) in [6, 6.07) is 15.9. The molecule has 3 N–H and O–H groups in total. The third-order valence-corrected chi connectivity index (χ3v) is 6.52. The van der Waals surface area contributed by atoms with Gasteiger partial charge in [0.1, 0.15) is 24.7 Å². The van der Waals surface area contributed by atoms with Gasteiger partial charge in [-0.3, -0.25) is 14.4 Å². The van der Waals surface area contributed by atoms with Crippen LogP contribution in [0.5, 0.6) is 0 Å². The molecule has 0 fully saturated rings. The van der Waals surface area contributed by atoms with E-state index in [4.69, 9.17) is 21.1 Å². The van der Waals surface area contributed by atoms with Crippen LogP contribution in [0.3, 0.4) is 0 Å². The smallest absolute Gasteiger partial charge is 0.328 e. The molecule has 0 aromatic heterocycles. The summed E-state index contributed by atoms with van der Waals surface area (Å²) in [4.78, 5) is 52.8. The highest BCUT2D eigenvalue weighted by molar-refractivity contribution is 6.18. The van der Waals surface area contributed by atoms with E-state index in [2.05, 4.69) is 16.0 Å². The molecular weight excluding hydrogens is 570 g/mol. The molecule has 0 unspecified atom stereocenters.